The van der Waals surface area contributed by atoms with E-state index in [0.29, 0.717) is 10.3 Å². The van der Waals surface area contributed by atoms with Crippen LogP contribution in [0.15, 0.2) is 0 Å². The smallest absolute Gasteiger partial charge is 0.0251 e. The van der Waals surface area contributed by atoms with Gasteiger partial charge in [-0.15, -0.1) is 0 Å². The van der Waals surface area contributed by atoms with Gasteiger partial charge in [-0.25, -0.2) is 0 Å². The fourth-order valence-electron chi connectivity index (χ4n) is 1.05. The van der Waals surface area contributed by atoms with Crippen molar-refractivity contribution in [1.29, 1.82) is 0 Å². The van der Waals surface area contributed by atoms with E-state index >= 15 is 0 Å². The summed E-state index contributed by atoms with van der Waals surface area (Å²) in [6.07, 6.45) is 2.67. The van der Waals surface area contributed by atoms with Gasteiger partial charge in [-0.1, -0.05) is 0 Å². The molecule has 0 heterocycles. The molecular formula is C12H28Br2P2+2. The number of hydrogen-bond donors (Lipinski definition) is 0. The van der Waals surface area contributed by atoms with Gasteiger partial charge in [0.2, 0.25) is 0 Å². The molecule has 0 aliphatic heterocycles. The normalized spacial score (nSPS) is 21.4. The van der Waals surface area contributed by atoms with Gasteiger partial charge in [0.05, 0.1) is 35.6 Å². The highest BCUT2D eigenvalue weighted by Gasteiger charge is 2.49. The van der Waals surface area contributed by atoms with Crippen LogP contribution in [0.5, 0.6) is 0 Å². The van der Waals surface area contributed by atoms with E-state index in [1.165, 1.54) is 12.3 Å². The second-order valence-electron chi connectivity index (χ2n) is 6.93. The minimum Gasteiger partial charge on any atom is -0.0251 e. The lowest BCUT2D eigenvalue weighted by atomic mass is 10.3. The first-order valence-electron chi connectivity index (χ1n) is 5.81. The first kappa shape index (κ1) is 17.8. The molecule has 0 aliphatic carbocycles. The van der Waals surface area contributed by atoms with Crippen LogP contribution in [-0.4, -0.2) is 36.0 Å². The summed E-state index contributed by atoms with van der Waals surface area (Å²) in [4.78, 5) is 0. The standard InChI is InChI=1S/C12H28Br2P2/c1-11(2,3)15(7,13)9-10-16(8,14)12(4,5)6/h9-10H2,1-8H3/q+2. The van der Waals surface area contributed by atoms with Gasteiger partial charge >= 0.3 is 0 Å². The Morgan fingerprint density at radius 2 is 0.875 bits per heavy atom. The maximum Gasteiger partial charge on any atom is 0.139 e. The molecule has 0 saturated carbocycles. The zero-order valence-electron chi connectivity index (χ0n) is 12.1. The first-order chi connectivity index (χ1) is 6.71. The molecule has 0 rings (SSSR count). The molecule has 16 heavy (non-hydrogen) atoms. The maximum atomic E-state index is 4.03. The number of rotatable bonds is 3. The van der Waals surface area contributed by atoms with Crippen molar-refractivity contribution in [2.24, 2.45) is 0 Å². The Labute approximate surface area is 120 Å². The molecule has 2 unspecified atom stereocenters. The van der Waals surface area contributed by atoms with Gasteiger partial charge in [0.25, 0.3) is 0 Å². The van der Waals surface area contributed by atoms with Gasteiger partial charge in [-0.2, -0.15) is 0 Å². The van der Waals surface area contributed by atoms with Crippen LogP contribution >= 0.6 is 42.9 Å². The predicted molar refractivity (Wildman–Crippen MR) is 92.8 cm³/mol. The van der Waals surface area contributed by atoms with E-state index in [0.717, 1.165) is 0 Å². The van der Waals surface area contributed by atoms with Crippen LogP contribution in [0.1, 0.15) is 41.5 Å². The molecular weight excluding hydrogens is 366 g/mol. The molecule has 0 nitrogen and oxygen atoms in total. The van der Waals surface area contributed by atoms with E-state index < -0.39 is 11.9 Å². The van der Waals surface area contributed by atoms with Crippen molar-refractivity contribution in [2.75, 3.05) is 25.7 Å². The molecule has 0 aliphatic rings. The summed E-state index contributed by atoms with van der Waals surface area (Å²) >= 11 is 8.06. The van der Waals surface area contributed by atoms with Crippen molar-refractivity contribution in [1.82, 2.24) is 0 Å². The zero-order valence-corrected chi connectivity index (χ0v) is 17.0. The quantitative estimate of drug-likeness (QED) is 0.480. The molecule has 0 aromatic heterocycles. The Morgan fingerprint density at radius 1 is 0.688 bits per heavy atom. The molecule has 0 spiro atoms. The van der Waals surface area contributed by atoms with Crippen LogP contribution in [0.3, 0.4) is 0 Å². The summed E-state index contributed by atoms with van der Waals surface area (Å²) in [6, 6.07) is 0. The summed E-state index contributed by atoms with van der Waals surface area (Å²) in [6.45, 7) is 19.0. The number of halogens is 2. The molecule has 0 aromatic carbocycles. The van der Waals surface area contributed by atoms with Crippen LogP contribution < -0.4 is 0 Å². The Hall–Kier alpha value is 1.82. The molecule has 0 fully saturated rings. The van der Waals surface area contributed by atoms with Crippen molar-refractivity contribution in [2.45, 2.75) is 51.9 Å². The second kappa shape index (κ2) is 5.44. The Bertz CT molecular complexity index is 208. The van der Waals surface area contributed by atoms with Crippen molar-refractivity contribution in [3.63, 3.8) is 0 Å². The Kier molecular flexibility index (Phi) is 6.06. The van der Waals surface area contributed by atoms with Gasteiger partial charge in [-0.3, -0.25) is 0 Å². The third-order valence-corrected chi connectivity index (χ3v) is 20.3. The maximum absolute atomic E-state index is 4.03. The fraction of sp³-hybridized carbons (Fsp3) is 1.00. The summed E-state index contributed by atoms with van der Waals surface area (Å²) in [5, 5.41) is 0.829. The highest BCUT2D eigenvalue weighted by Crippen LogP contribution is 2.78. The van der Waals surface area contributed by atoms with E-state index in [-0.39, 0.29) is 0 Å². The molecule has 0 saturated heterocycles. The van der Waals surface area contributed by atoms with E-state index in [1.807, 2.05) is 0 Å². The number of hydrogen-bond acceptors (Lipinski definition) is 0. The van der Waals surface area contributed by atoms with E-state index in [2.05, 4.69) is 85.9 Å². The van der Waals surface area contributed by atoms with Crippen molar-refractivity contribution in [3.05, 3.63) is 0 Å². The largest absolute Gasteiger partial charge is 0.139 e. The van der Waals surface area contributed by atoms with E-state index in [9.17, 15) is 0 Å². The third kappa shape index (κ3) is 4.83. The van der Waals surface area contributed by atoms with Gasteiger partial charge in [0, 0.05) is 0 Å². The first-order valence-corrected chi connectivity index (χ1v) is 14.7. The van der Waals surface area contributed by atoms with Gasteiger partial charge in [0.15, 0.2) is 0 Å². The zero-order chi connectivity index (χ0) is 13.4. The molecule has 0 bridgehead atoms. The SMILES string of the molecule is CC(C)(C)[P+](C)(Br)CC[P+](C)(Br)C(C)(C)C. The molecule has 0 radical (unpaired) electrons. The lowest BCUT2D eigenvalue weighted by Crippen LogP contribution is -2.23. The monoisotopic (exact) mass is 392 g/mol. The van der Waals surface area contributed by atoms with Crippen molar-refractivity contribution < 1.29 is 0 Å². The van der Waals surface area contributed by atoms with Crippen molar-refractivity contribution >= 4 is 42.9 Å². The summed E-state index contributed by atoms with van der Waals surface area (Å²) in [5.74, 6) is -1.96. The lowest BCUT2D eigenvalue weighted by molar-refractivity contribution is 0.775. The molecule has 4 heteroatoms. The Balaban J connectivity index is 4.59. The fourth-order valence-corrected chi connectivity index (χ4v) is 8.25. The summed E-state index contributed by atoms with van der Waals surface area (Å²) in [5.41, 5.74) is 0. The molecule has 0 aromatic rings. The highest BCUT2D eigenvalue weighted by atomic mass is 79.9. The summed E-state index contributed by atoms with van der Waals surface area (Å²) in [7, 11) is 0. The van der Waals surface area contributed by atoms with Gasteiger partial charge in [-0.05, 0) is 41.5 Å². The topological polar surface area (TPSA) is 0 Å². The van der Waals surface area contributed by atoms with Gasteiger partial charge < -0.3 is 0 Å². The highest BCUT2D eigenvalue weighted by molar-refractivity contribution is 9.43. The molecule has 0 amide bonds. The third-order valence-electron chi connectivity index (χ3n) is 3.74. The van der Waals surface area contributed by atoms with E-state index in [4.69, 9.17) is 0 Å². The predicted octanol–water partition coefficient (Wildman–Crippen LogP) is 6.50. The minimum atomic E-state index is -0.982. The lowest BCUT2D eigenvalue weighted by Gasteiger charge is -2.33. The van der Waals surface area contributed by atoms with Crippen LogP contribution in [0.2, 0.25) is 0 Å². The average molecular weight is 394 g/mol. The van der Waals surface area contributed by atoms with Gasteiger partial charge in [0.1, 0.15) is 43.3 Å². The van der Waals surface area contributed by atoms with Crippen LogP contribution in [0.4, 0.5) is 0 Å². The van der Waals surface area contributed by atoms with Crippen molar-refractivity contribution in [3.8, 4) is 0 Å². The second-order valence-corrected chi connectivity index (χ2v) is 24.2. The molecule has 2 atom stereocenters. The van der Waals surface area contributed by atoms with Crippen LogP contribution in [0.25, 0.3) is 0 Å². The molecule has 0 N–H and O–H groups in total. The average Bonchev–Trinajstić information content (AvgIpc) is 1.97. The Morgan fingerprint density at radius 3 is 1.00 bits per heavy atom. The van der Waals surface area contributed by atoms with Crippen LogP contribution in [-0.2, 0) is 0 Å². The minimum absolute atomic E-state index is 0.415. The van der Waals surface area contributed by atoms with Crippen LogP contribution in [0, 0.1) is 0 Å². The summed E-state index contributed by atoms with van der Waals surface area (Å²) < 4.78 is 0. The molecule has 98 valence electrons. The van der Waals surface area contributed by atoms with E-state index in [1.54, 1.807) is 0 Å².